The van der Waals surface area contributed by atoms with Gasteiger partial charge in [0.15, 0.2) is 0 Å². The van der Waals surface area contributed by atoms with Crippen LogP contribution in [-0.2, 0) is 0 Å². The zero-order valence-electron chi connectivity index (χ0n) is 12.1. The van der Waals surface area contributed by atoms with Gasteiger partial charge in [0, 0.05) is 20.1 Å². The predicted octanol–water partition coefficient (Wildman–Crippen LogP) is 2.19. The van der Waals surface area contributed by atoms with Crippen LogP contribution in [0.2, 0.25) is 0 Å². The monoisotopic (exact) mass is 298 g/mol. The Morgan fingerprint density at radius 2 is 2.10 bits per heavy atom. The lowest BCUT2D eigenvalue weighted by atomic mass is 10.1. The SMILES string of the molecule is CNCCN(C)C(=O)c1ccccc1OCC1CC1.Cl. The van der Waals surface area contributed by atoms with Crippen molar-refractivity contribution in [2.75, 3.05) is 33.8 Å². The number of hydrogen-bond donors (Lipinski definition) is 1. The third kappa shape index (κ3) is 4.69. The Morgan fingerprint density at radius 3 is 2.75 bits per heavy atom. The van der Waals surface area contributed by atoms with Crippen LogP contribution >= 0.6 is 12.4 Å². The maximum absolute atomic E-state index is 12.3. The molecule has 5 heteroatoms. The van der Waals surface area contributed by atoms with E-state index in [-0.39, 0.29) is 18.3 Å². The van der Waals surface area contributed by atoms with Crippen molar-refractivity contribution in [3.05, 3.63) is 29.8 Å². The number of likely N-dealkylation sites (N-methyl/N-ethyl adjacent to an activating group) is 2. The molecule has 1 amide bonds. The van der Waals surface area contributed by atoms with Crippen LogP contribution < -0.4 is 10.1 Å². The summed E-state index contributed by atoms with van der Waals surface area (Å²) >= 11 is 0. The lowest BCUT2D eigenvalue weighted by molar-refractivity contribution is 0.0792. The van der Waals surface area contributed by atoms with E-state index in [2.05, 4.69) is 5.32 Å². The molecule has 0 spiro atoms. The summed E-state index contributed by atoms with van der Waals surface area (Å²) in [6.07, 6.45) is 2.50. The van der Waals surface area contributed by atoms with Gasteiger partial charge in [-0.15, -0.1) is 12.4 Å². The average molecular weight is 299 g/mol. The van der Waals surface area contributed by atoms with E-state index < -0.39 is 0 Å². The van der Waals surface area contributed by atoms with E-state index in [4.69, 9.17) is 4.74 Å². The summed E-state index contributed by atoms with van der Waals surface area (Å²) in [5.74, 6) is 1.41. The summed E-state index contributed by atoms with van der Waals surface area (Å²) in [5.41, 5.74) is 0.654. The van der Waals surface area contributed by atoms with Gasteiger partial charge in [0.2, 0.25) is 0 Å². The fourth-order valence-electron chi connectivity index (χ4n) is 1.85. The number of nitrogens with zero attached hydrogens (tertiary/aromatic N) is 1. The van der Waals surface area contributed by atoms with Crippen LogP contribution in [0.4, 0.5) is 0 Å². The number of carbonyl (C=O) groups excluding carboxylic acids is 1. The number of carbonyl (C=O) groups is 1. The third-order valence-corrected chi connectivity index (χ3v) is 3.33. The molecule has 1 aliphatic carbocycles. The summed E-state index contributed by atoms with van der Waals surface area (Å²) in [6, 6.07) is 7.50. The molecule has 0 aromatic heterocycles. The number of nitrogens with one attached hydrogen (secondary N) is 1. The minimum Gasteiger partial charge on any atom is -0.492 e. The number of hydrogen-bond acceptors (Lipinski definition) is 3. The Balaban J connectivity index is 0.00000200. The molecule has 0 saturated heterocycles. The molecule has 0 aliphatic heterocycles. The Hall–Kier alpha value is -1.26. The highest BCUT2D eigenvalue weighted by Gasteiger charge is 2.23. The van der Waals surface area contributed by atoms with Crippen molar-refractivity contribution < 1.29 is 9.53 Å². The second-order valence-electron chi connectivity index (χ2n) is 5.08. The molecule has 1 aromatic rings. The first-order valence-corrected chi connectivity index (χ1v) is 6.84. The summed E-state index contributed by atoms with van der Waals surface area (Å²) in [6.45, 7) is 2.20. The largest absolute Gasteiger partial charge is 0.492 e. The molecule has 4 nitrogen and oxygen atoms in total. The van der Waals surface area contributed by atoms with Crippen molar-refractivity contribution in [3.63, 3.8) is 0 Å². The van der Waals surface area contributed by atoms with Gasteiger partial charge in [-0.3, -0.25) is 4.79 Å². The molecular formula is C15H23ClN2O2. The highest BCUT2D eigenvalue weighted by molar-refractivity contribution is 5.96. The van der Waals surface area contributed by atoms with Crippen LogP contribution in [0.1, 0.15) is 23.2 Å². The maximum atomic E-state index is 12.3. The second-order valence-corrected chi connectivity index (χ2v) is 5.08. The van der Waals surface area contributed by atoms with Crippen molar-refractivity contribution >= 4 is 18.3 Å². The molecule has 2 rings (SSSR count). The van der Waals surface area contributed by atoms with Gasteiger partial charge >= 0.3 is 0 Å². The van der Waals surface area contributed by atoms with E-state index in [1.807, 2.05) is 38.4 Å². The molecule has 1 fully saturated rings. The lowest BCUT2D eigenvalue weighted by Gasteiger charge is -2.19. The molecule has 1 N–H and O–H groups in total. The summed E-state index contributed by atoms with van der Waals surface area (Å²) < 4.78 is 5.77. The van der Waals surface area contributed by atoms with Gasteiger partial charge in [0.05, 0.1) is 12.2 Å². The maximum Gasteiger partial charge on any atom is 0.257 e. The molecule has 0 radical (unpaired) electrons. The van der Waals surface area contributed by atoms with Crippen molar-refractivity contribution in [3.8, 4) is 5.75 Å². The smallest absolute Gasteiger partial charge is 0.257 e. The standard InChI is InChI=1S/C15H22N2O2.ClH/c1-16-9-10-17(2)15(18)13-5-3-4-6-14(13)19-11-12-7-8-12;/h3-6,12,16H,7-11H2,1-2H3;1H. The summed E-state index contributed by atoms with van der Waals surface area (Å²) in [5, 5.41) is 3.04. The van der Waals surface area contributed by atoms with Crippen molar-refractivity contribution in [1.82, 2.24) is 10.2 Å². The van der Waals surface area contributed by atoms with E-state index in [1.54, 1.807) is 4.90 Å². The van der Waals surface area contributed by atoms with Gasteiger partial charge in [-0.05, 0) is 37.9 Å². The quantitative estimate of drug-likeness (QED) is 0.839. The molecular weight excluding hydrogens is 276 g/mol. The predicted molar refractivity (Wildman–Crippen MR) is 82.8 cm³/mol. The van der Waals surface area contributed by atoms with Gasteiger partial charge < -0.3 is 15.0 Å². The normalized spacial score (nSPS) is 13.5. The number of rotatable bonds is 7. The number of halogens is 1. The van der Waals surface area contributed by atoms with Gasteiger partial charge in [-0.25, -0.2) is 0 Å². The van der Waals surface area contributed by atoms with Gasteiger partial charge in [0.25, 0.3) is 5.91 Å². The summed E-state index contributed by atoms with van der Waals surface area (Å²) in [4.78, 5) is 14.1. The van der Waals surface area contributed by atoms with Crippen molar-refractivity contribution in [2.24, 2.45) is 5.92 Å². The van der Waals surface area contributed by atoms with E-state index in [0.717, 1.165) is 13.2 Å². The Morgan fingerprint density at radius 1 is 1.40 bits per heavy atom. The molecule has 0 atom stereocenters. The molecule has 1 aliphatic rings. The molecule has 1 saturated carbocycles. The van der Waals surface area contributed by atoms with Crippen LogP contribution in [-0.4, -0.2) is 44.6 Å². The van der Waals surface area contributed by atoms with Crippen molar-refractivity contribution in [1.29, 1.82) is 0 Å². The van der Waals surface area contributed by atoms with Crippen LogP contribution in [0.5, 0.6) is 5.75 Å². The zero-order valence-corrected chi connectivity index (χ0v) is 12.9. The minimum absolute atomic E-state index is 0. The first-order chi connectivity index (χ1) is 9.22. The molecule has 0 unspecified atom stereocenters. The topological polar surface area (TPSA) is 41.6 Å². The first-order valence-electron chi connectivity index (χ1n) is 6.84. The number of para-hydroxylation sites is 1. The Bertz CT molecular complexity index is 436. The molecule has 112 valence electrons. The first kappa shape index (κ1) is 16.8. The van der Waals surface area contributed by atoms with Gasteiger partial charge in [-0.1, -0.05) is 12.1 Å². The number of ether oxygens (including phenoxy) is 1. The average Bonchev–Trinajstić information content (AvgIpc) is 3.26. The molecule has 0 bridgehead atoms. The second kappa shape index (κ2) is 8.12. The highest BCUT2D eigenvalue weighted by Crippen LogP contribution is 2.30. The van der Waals surface area contributed by atoms with E-state index in [0.29, 0.717) is 23.8 Å². The summed E-state index contributed by atoms with van der Waals surface area (Å²) in [7, 11) is 3.70. The van der Waals surface area contributed by atoms with Crippen LogP contribution in [0.15, 0.2) is 24.3 Å². The van der Waals surface area contributed by atoms with E-state index in [9.17, 15) is 4.79 Å². The van der Waals surface area contributed by atoms with Crippen LogP contribution in [0, 0.1) is 5.92 Å². The van der Waals surface area contributed by atoms with E-state index in [1.165, 1.54) is 12.8 Å². The van der Waals surface area contributed by atoms with Crippen LogP contribution in [0.25, 0.3) is 0 Å². The lowest BCUT2D eigenvalue weighted by Crippen LogP contribution is -2.33. The number of benzene rings is 1. The minimum atomic E-state index is 0. The van der Waals surface area contributed by atoms with Crippen molar-refractivity contribution in [2.45, 2.75) is 12.8 Å². The molecule has 20 heavy (non-hydrogen) atoms. The molecule has 0 heterocycles. The van der Waals surface area contributed by atoms with Gasteiger partial charge in [-0.2, -0.15) is 0 Å². The fraction of sp³-hybridized carbons (Fsp3) is 0.533. The Kier molecular flexibility index (Phi) is 6.82. The molecule has 1 aromatic carbocycles. The Labute approximate surface area is 126 Å². The fourth-order valence-corrected chi connectivity index (χ4v) is 1.85. The van der Waals surface area contributed by atoms with Gasteiger partial charge in [0.1, 0.15) is 5.75 Å². The highest BCUT2D eigenvalue weighted by atomic mass is 35.5. The zero-order chi connectivity index (χ0) is 13.7. The van der Waals surface area contributed by atoms with E-state index >= 15 is 0 Å². The number of amides is 1. The van der Waals surface area contributed by atoms with Crippen LogP contribution in [0.3, 0.4) is 0 Å². The third-order valence-electron chi connectivity index (χ3n) is 3.33.